The molecule has 0 radical (unpaired) electrons. The van der Waals surface area contributed by atoms with Crippen molar-refractivity contribution in [3.05, 3.63) is 59.8 Å². The summed E-state index contributed by atoms with van der Waals surface area (Å²) in [6.45, 7) is 4.12. The number of hydrogen-bond donors (Lipinski definition) is 2. The van der Waals surface area contributed by atoms with Gasteiger partial charge < -0.3 is 15.0 Å². The van der Waals surface area contributed by atoms with Gasteiger partial charge >= 0.3 is 0 Å². The number of anilines is 2. The molecule has 0 spiro atoms. The zero-order valence-corrected chi connectivity index (χ0v) is 14.2. The number of hydrogen-bond acceptors (Lipinski definition) is 4. The summed E-state index contributed by atoms with van der Waals surface area (Å²) in [5.74, 6) is -1.37. The molecule has 0 amide bonds. The van der Waals surface area contributed by atoms with Crippen molar-refractivity contribution in [2.24, 2.45) is 4.99 Å². The molecule has 3 aromatic rings. The molecule has 2 heterocycles. The summed E-state index contributed by atoms with van der Waals surface area (Å²) in [5.41, 5.74) is 2.68. The number of aromatic nitrogens is 2. The first-order chi connectivity index (χ1) is 12.6. The van der Waals surface area contributed by atoms with Crippen LogP contribution in [0.25, 0.3) is 17.1 Å². The maximum atomic E-state index is 13.4. The molecule has 134 valence electrons. The maximum Gasteiger partial charge on any atom is 0.160 e. The number of fused-ring (bicyclic) bond motifs is 1. The lowest BCUT2D eigenvalue weighted by Gasteiger charge is -2.08. The van der Waals surface area contributed by atoms with E-state index in [1.165, 1.54) is 6.07 Å². The minimum absolute atomic E-state index is 0.0597. The Hall–Kier alpha value is -3.06. The first-order valence-electron chi connectivity index (χ1n) is 7.99. The van der Waals surface area contributed by atoms with Crippen molar-refractivity contribution in [3.8, 4) is 0 Å². The summed E-state index contributed by atoms with van der Waals surface area (Å²) in [7, 11) is 1.68. The molecule has 0 unspecified atom stereocenters. The van der Waals surface area contributed by atoms with E-state index in [0.717, 1.165) is 28.8 Å². The van der Waals surface area contributed by atoms with E-state index >= 15 is 0 Å². The number of aliphatic hydroxyl groups excluding tert-OH is 1. The Morgan fingerprint density at radius 3 is 2.73 bits per heavy atom. The highest BCUT2D eigenvalue weighted by atomic mass is 19.2. The largest absolute Gasteiger partial charge is 0.395 e. The number of pyridine rings is 1. The number of aliphatic hydroxyl groups is 1. The van der Waals surface area contributed by atoms with Gasteiger partial charge in [-0.15, -0.1) is 0 Å². The standard InChI is InChI=1S/C19H18F2N4O/c1-3-17-14(11-22-2)13-5-7-18(24-19(13)25(17)8-9-26)23-12-4-6-15(20)16(21)10-12/h3-7,10-11,26H,1,8-9H2,2H3,(H,23,24). The molecule has 26 heavy (non-hydrogen) atoms. The topological polar surface area (TPSA) is 62.4 Å². The lowest BCUT2D eigenvalue weighted by Crippen LogP contribution is -2.06. The van der Waals surface area contributed by atoms with Gasteiger partial charge in [-0.25, -0.2) is 13.8 Å². The molecule has 5 nitrogen and oxygen atoms in total. The zero-order valence-electron chi connectivity index (χ0n) is 14.2. The van der Waals surface area contributed by atoms with Gasteiger partial charge in [0.2, 0.25) is 0 Å². The van der Waals surface area contributed by atoms with Crippen LogP contribution in [0.15, 0.2) is 41.9 Å². The van der Waals surface area contributed by atoms with Crippen LogP contribution in [-0.2, 0) is 6.54 Å². The van der Waals surface area contributed by atoms with Crippen LogP contribution in [0.4, 0.5) is 20.3 Å². The van der Waals surface area contributed by atoms with Crippen LogP contribution in [0.2, 0.25) is 0 Å². The Morgan fingerprint density at radius 1 is 1.27 bits per heavy atom. The summed E-state index contributed by atoms with van der Waals surface area (Å²) in [6.07, 6.45) is 3.41. The Morgan fingerprint density at radius 2 is 2.08 bits per heavy atom. The normalized spacial score (nSPS) is 11.4. The smallest absolute Gasteiger partial charge is 0.160 e. The van der Waals surface area contributed by atoms with Crippen LogP contribution in [-0.4, -0.2) is 34.5 Å². The van der Waals surface area contributed by atoms with E-state index in [4.69, 9.17) is 0 Å². The highest BCUT2D eigenvalue weighted by molar-refractivity contribution is 6.02. The van der Waals surface area contributed by atoms with E-state index in [0.29, 0.717) is 23.7 Å². The number of rotatable bonds is 6. The first-order valence-corrected chi connectivity index (χ1v) is 7.99. The van der Waals surface area contributed by atoms with Crippen molar-refractivity contribution in [2.45, 2.75) is 6.54 Å². The van der Waals surface area contributed by atoms with E-state index in [1.807, 2.05) is 10.6 Å². The second-order valence-electron chi connectivity index (χ2n) is 5.59. The van der Waals surface area contributed by atoms with Crippen LogP contribution in [0.3, 0.4) is 0 Å². The number of aliphatic imine (C=N–C) groups is 1. The highest BCUT2D eigenvalue weighted by Crippen LogP contribution is 2.27. The SMILES string of the molecule is C=Cc1c(C=NC)c2ccc(Nc3ccc(F)c(F)c3)nc2n1CCO. The molecule has 0 fully saturated rings. The van der Waals surface area contributed by atoms with Gasteiger partial charge in [0.15, 0.2) is 11.6 Å². The van der Waals surface area contributed by atoms with Gasteiger partial charge in [-0.3, -0.25) is 4.99 Å². The van der Waals surface area contributed by atoms with Crippen LogP contribution >= 0.6 is 0 Å². The minimum atomic E-state index is -0.935. The van der Waals surface area contributed by atoms with Crippen molar-refractivity contribution in [1.82, 2.24) is 9.55 Å². The Kier molecular flexibility index (Phi) is 5.09. The average molecular weight is 356 g/mol. The van der Waals surface area contributed by atoms with E-state index in [9.17, 15) is 13.9 Å². The fourth-order valence-corrected chi connectivity index (χ4v) is 2.86. The lowest BCUT2D eigenvalue weighted by molar-refractivity contribution is 0.277. The van der Waals surface area contributed by atoms with E-state index < -0.39 is 11.6 Å². The molecule has 0 saturated carbocycles. The molecule has 0 aliphatic rings. The third-order valence-corrected chi connectivity index (χ3v) is 3.95. The minimum Gasteiger partial charge on any atom is -0.395 e. The van der Waals surface area contributed by atoms with Crippen LogP contribution in [0.5, 0.6) is 0 Å². The van der Waals surface area contributed by atoms with Crippen molar-refractivity contribution in [3.63, 3.8) is 0 Å². The zero-order chi connectivity index (χ0) is 18.7. The van der Waals surface area contributed by atoms with Crippen LogP contribution < -0.4 is 5.32 Å². The van der Waals surface area contributed by atoms with E-state index in [1.54, 1.807) is 25.4 Å². The monoisotopic (exact) mass is 356 g/mol. The fourth-order valence-electron chi connectivity index (χ4n) is 2.86. The maximum absolute atomic E-state index is 13.4. The molecule has 3 rings (SSSR count). The van der Waals surface area contributed by atoms with Gasteiger partial charge in [0.05, 0.1) is 12.3 Å². The molecule has 0 atom stereocenters. The van der Waals surface area contributed by atoms with E-state index in [2.05, 4.69) is 21.9 Å². The lowest BCUT2D eigenvalue weighted by atomic mass is 10.2. The number of nitrogens with zero attached hydrogens (tertiary/aromatic N) is 3. The predicted molar refractivity (Wildman–Crippen MR) is 100 cm³/mol. The quantitative estimate of drug-likeness (QED) is 0.662. The summed E-state index contributed by atoms with van der Waals surface area (Å²) < 4.78 is 28.3. The Bertz CT molecular complexity index is 995. The Balaban J connectivity index is 2.10. The molecule has 0 aliphatic carbocycles. The molecule has 2 N–H and O–H groups in total. The summed E-state index contributed by atoms with van der Waals surface area (Å²) >= 11 is 0. The molecule has 0 bridgehead atoms. The number of benzene rings is 1. The van der Waals surface area contributed by atoms with Gasteiger partial charge in [0.25, 0.3) is 0 Å². The van der Waals surface area contributed by atoms with Crippen molar-refractivity contribution >= 4 is 34.8 Å². The Labute approximate surface area is 149 Å². The fraction of sp³-hybridized carbons (Fsp3) is 0.158. The van der Waals surface area contributed by atoms with Crippen LogP contribution in [0, 0.1) is 11.6 Å². The highest BCUT2D eigenvalue weighted by Gasteiger charge is 2.15. The van der Waals surface area contributed by atoms with E-state index in [-0.39, 0.29) is 6.61 Å². The summed E-state index contributed by atoms with van der Waals surface area (Å²) in [5, 5.41) is 13.2. The third kappa shape index (κ3) is 3.21. The molecule has 1 aromatic carbocycles. The van der Waals surface area contributed by atoms with Crippen LogP contribution in [0.1, 0.15) is 11.3 Å². The van der Waals surface area contributed by atoms with Gasteiger partial charge in [-0.1, -0.05) is 6.58 Å². The average Bonchev–Trinajstić information content (AvgIpc) is 2.91. The van der Waals surface area contributed by atoms with Gasteiger partial charge in [0.1, 0.15) is 11.5 Å². The second kappa shape index (κ2) is 7.45. The van der Waals surface area contributed by atoms with Crippen molar-refractivity contribution < 1.29 is 13.9 Å². The first kappa shape index (κ1) is 17.8. The summed E-state index contributed by atoms with van der Waals surface area (Å²) in [6, 6.07) is 7.16. The molecular formula is C19H18F2N4O. The molecule has 0 saturated heterocycles. The molecule has 0 aliphatic heterocycles. The molecular weight excluding hydrogens is 338 g/mol. The molecule has 2 aromatic heterocycles. The van der Waals surface area contributed by atoms with Crippen molar-refractivity contribution in [1.29, 1.82) is 0 Å². The predicted octanol–water partition coefficient (Wildman–Crippen LogP) is 3.74. The summed E-state index contributed by atoms with van der Waals surface area (Å²) in [4.78, 5) is 8.64. The second-order valence-corrected chi connectivity index (χ2v) is 5.59. The van der Waals surface area contributed by atoms with Crippen molar-refractivity contribution in [2.75, 3.05) is 19.0 Å². The van der Waals surface area contributed by atoms with Gasteiger partial charge in [0, 0.05) is 42.5 Å². The third-order valence-electron chi connectivity index (χ3n) is 3.95. The van der Waals surface area contributed by atoms with Gasteiger partial charge in [-0.05, 0) is 30.3 Å². The molecule has 7 heteroatoms. The van der Waals surface area contributed by atoms with Gasteiger partial charge in [-0.2, -0.15) is 0 Å². The number of halogens is 2. The number of nitrogens with one attached hydrogen (secondary N) is 1.